The number of hydrogen-bond donors (Lipinski definition) is 1. The number of imidazole rings is 1. The van der Waals surface area contributed by atoms with E-state index in [1.165, 1.54) is 18.2 Å². The van der Waals surface area contributed by atoms with Crippen molar-refractivity contribution in [2.75, 3.05) is 5.32 Å². The number of carbonyl (C=O) groups is 1. The molecule has 0 spiro atoms. The molecule has 3 aromatic heterocycles. The average Bonchev–Trinajstić information content (AvgIpc) is 3.43. The molecule has 14 heteroatoms. The fourth-order valence-electron chi connectivity index (χ4n) is 3.44. The molecule has 182 valence electrons. The van der Waals surface area contributed by atoms with Crippen LogP contribution in [-0.2, 0) is 6.18 Å². The topological polar surface area (TPSA) is 112 Å². The van der Waals surface area contributed by atoms with Gasteiger partial charge in [0.2, 0.25) is 17.6 Å². The lowest BCUT2D eigenvalue weighted by Crippen LogP contribution is -2.18. The van der Waals surface area contributed by atoms with Gasteiger partial charge in [-0.25, -0.2) is 23.7 Å². The minimum absolute atomic E-state index is 0.0233. The Hall–Kier alpha value is -4.75. The molecule has 1 amide bonds. The zero-order chi connectivity index (χ0) is 25.6. The number of carbonyl (C=O) groups excluding carboxylic acids is 1. The zero-order valence-electron chi connectivity index (χ0n) is 18.0. The van der Waals surface area contributed by atoms with E-state index in [1.807, 2.05) is 0 Å². The van der Waals surface area contributed by atoms with Gasteiger partial charge in [0.1, 0.15) is 17.2 Å². The maximum Gasteiger partial charge on any atom is 0.450 e. The first-order chi connectivity index (χ1) is 17.1. The molecule has 0 bridgehead atoms. The zero-order valence-corrected chi connectivity index (χ0v) is 18.0. The lowest BCUT2D eigenvalue weighted by atomic mass is 10.2. The molecule has 0 unspecified atom stereocenters. The van der Waals surface area contributed by atoms with Gasteiger partial charge in [-0.3, -0.25) is 9.36 Å². The third-order valence-corrected chi connectivity index (χ3v) is 4.98. The summed E-state index contributed by atoms with van der Waals surface area (Å²) in [6.07, 6.45) is -2.94. The predicted molar refractivity (Wildman–Crippen MR) is 114 cm³/mol. The van der Waals surface area contributed by atoms with Crippen LogP contribution in [0.15, 0.2) is 53.2 Å². The van der Waals surface area contributed by atoms with Crippen molar-refractivity contribution in [1.29, 1.82) is 0 Å². The predicted octanol–water partition coefficient (Wildman–Crippen LogP) is 4.72. The van der Waals surface area contributed by atoms with Crippen LogP contribution in [0.2, 0.25) is 0 Å². The lowest BCUT2D eigenvalue weighted by Gasteiger charge is -2.11. The van der Waals surface area contributed by atoms with Crippen molar-refractivity contribution in [2.45, 2.75) is 13.1 Å². The summed E-state index contributed by atoms with van der Waals surface area (Å²) in [7, 11) is 0. The van der Waals surface area contributed by atoms with Gasteiger partial charge in [0.15, 0.2) is 11.6 Å². The molecular formula is C22H12F5N7O2. The van der Waals surface area contributed by atoms with Gasteiger partial charge in [-0.1, -0.05) is 6.07 Å². The number of nitrogens with zero attached hydrogens (tertiary/aromatic N) is 6. The Morgan fingerprint density at radius 2 is 1.78 bits per heavy atom. The van der Waals surface area contributed by atoms with E-state index in [0.29, 0.717) is 5.56 Å². The molecule has 2 aromatic carbocycles. The van der Waals surface area contributed by atoms with Crippen molar-refractivity contribution >= 4 is 22.8 Å². The average molecular weight is 501 g/mol. The van der Waals surface area contributed by atoms with E-state index in [4.69, 9.17) is 4.42 Å². The van der Waals surface area contributed by atoms with Crippen LogP contribution in [0, 0.1) is 18.6 Å². The summed E-state index contributed by atoms with van der Waals surface area (Å²) in [5, 5.41) is 9.70. The van der Waals surface area contributed by atoms with Crippen molar-refractivity contribution in [3.8, 4) is 17.3 Å². The Bertz CT molecular complexity index is 1590. The Balaban J connectivity index is 1.51. The Kier molecular flexibility index (Phi) is 5.42. The quantitative estimate of drug-likeness (QED) is 0.355. The summed E-state index contributed by atoms with van der Waals surface area (Å²) in [6.45, 7) is 1.57. The summed E-state index contributed by atoms with van der Waals surface area (Å²) >= 11 is 0. The highest BCUT2D eigenvalue weighted by molar-refractivity contribution is 6.04. The molecule has 0 aliphatic carbocycles. The molecule has 0 radical (unpaired) electrons. The van der Waals surface area contributed by atoms with Gasteiger partial charge >= 0.3 is 6.18 Å². The van der Waals surface area contributed by atoms with E-state index in [0.717, 1.165) is 35.2 Å². The van der Waals surface area contributed by atoms with Gasteiger partial charge < -0.3 is 9.73 Å². The number of anilines is 1. The molecule has 1 N–H and O–H groups in total. The maximum atomic E-state index is 13.8. The molecule has 36 heavy (non-hydrogen) atoms. The Morgan fingerprint density at radius 1 is 1.03 bits per heavy atom. The molecule has 0 fully saturated rings. The standard InChI is InChI=1S/C22H12F5N7O2/c1-10-32-33-20(36-10)11-5-6-15-14(7-11)30-21(22(25,26)27)34(15)17-9-28-16(8-29-17)31-19(35)18-12(23)3-2-4-13(18)24/h2-9H,1H3,(H,28,31,35). The van der Waals surface area contributed by atoms with Crippen LogP contribution in [0.5, 0.6) is 0 Å². The van der Waals surface area contributed by atoms with Gasteiger partial charge in [-0.05, 0) is 30.3 Å². The number of aromatic nitrogens is 6. The first kappa shape index (κ1) is 23.0. The smallest absolute Gasteiger partial charge is 0.421 e. The van der Waals surface area contributed by atoms with Crippen molar-refractivity contribution in [1.82, 2.24) is 29.7 Å². The third-order valence-electron chi connectivity index (χ3n) is 4.98. The first-order valence-corrected chi connectivity index (χ1v) is 10.1. The van der Waals surface area contributed by atoms with E-state index in [-0.39, 0.29) is 34.5 Å². The van der Waals surface area contributed by atoms with Crippen LogP contribution >= 0.6 is 0 Å². The molecular weight excluding hydrogens is 489 g/mol. The van der Waals surface area contributed by atoms with Crippen molar-refractivity contribution in [2.24, 2.45) is 0 Å². The number of halogens is 5. The second-order valence-corrected chi connectivity index (χ2v) is 7.41. The molecule has 0 aliphatic heterocycles. The number of alkyl halides is 3. The third kappa shape index (κ3) is 4.12. The molecule has 3 heterocycles. The minimum atomic E-state index is -4.85. The second-order valence-electron chi connectivity index (χ2n) is 7.41. The van der Waals surface area contributed by atoms with Crippen molar-refractivity contribution in [3.05, 3.63) is 77.7 Å². The van der Waals surface area contributed by atoms with Crippen molar-refractivity contribution < 1.29 is 31.2 Å². The molecule has 0 saturated heterocycles. The normalized spacial score (nSPS) is 11.7. The Morgan fingerprint density at radius 3 is 2.39 bits per heavy atom. The fourth-order valence-corrected chi connectivity index (χ4v) is 3.44. The van der Waals surface area contributed by atoms with Crippen LogP contribution in [0.3, 0.4) is 0 Å². The molecule has 5 rings (SSSR count). The van der Waals surface area contributed by atoms with E-state index in [9.17, 15) is 26.7 Å². The number of aryl methyl sites for hydroxylation is 1. The maximum absolute atomic E-state index is 13.8. The van der Waals surface area contributed by atoms with E-state index in [2.05, 4.69) is 30.5 Å². The van der Waals surface area contributed by atoms with Crippen LogP contribution in [0.1, 0.15) is 22.1 Å². The van der Waals surface area contributed by atoms with Crippen LogP contribution in [-0.4, -0.2) is 35.6 Å². The second kappa shape index (κ2) is 8.48. The monoisotopic (exact) mass is 501 g/mol. The number of amides is 1. The largest absolute Gasteiger partial charge is 0.450 e. The number of nitrogens with one attached hydrogen (secondary N) is 1. The summed E-state index contributed by atoms with van der Waals surface area (Å²) in [6, 6.07) is 7.12. The summed E-state index contributed by atoms with van der Waals surface area (Å²) in [5.41, 5.74) is -0.437. The number of benzene rings is 2. The first-order valence-electron chi connectivity index (χ1n) is 10.1. The molecule has 0 atom stereocenters. The highest BCUT2D eigenvalue weighted by Gasteiger charge is 2.38. The SMILES string of the molecule is Cc1nnc(-c2ccc3c(c2)nc(C(F)(F)F)n3-c2cnc(NC(=O)c3c(F)cccc3F)cn2)o1. The van der Waals surface area contributed by atoms with E-state index in [1.54, 1.807) is 6.92 Å². The summed E-state index contributed by atoms with van der Waals surface area (Å²) in [5.74, 6) is -4.69. The van der Waals surface area contributed by atoms with Crippen LogP contribution in [0.4, 0.5) is 27.8 Å². The van der Waals surface area contributed by atoms with Gasteiger partial charge in [-0.2, -0.15) is 13.2 Å². The summed E-state index contributed by atoms with van der Waals surface area (Å²) in [4.78, 5) is 23.8. The molecule has 0 aliphatic rings. The highest BCUT2D eigenvalue weighted by atomic mass is 19.4. The Labute approximate surface area is 197 Å². The van der Waals surface area contributed by atoms with E-state index < -0.39 is 35.1 Å². The molecule has 9 nitrogen and oxygen atoms in total. The molecule has 0 saturated carbocycles. The fraction of sp³-hybridized carbons (Fsp3) is 0.0909. The van der Waals surface area contributed by atoms with Gasteiger partial charge in [0, 0.05) is 12.5 Å². The van der Waals surface area contributed by atoms with Crippen LogP contribution < -0.4 is 5.32 Å². The minimum Gasteiger partial charge on any atom is -0.421 e. The number of hydrogen-bond acceptors (Lipinski definition) is 7. The van der Waals surface area contributed by atoms with Gasteiger partial charge in [-0.15, -0.1) is 10.2 Å². The van der Waals surface area contributed by atoms with Crippen molar-refractivity contribution in [3.63, 3.8) is 0 Å². The number of rotatable bonds is 4. The van der Waals surface area contributed by atoms with Crippen LogP contribution in [0.25, 0.3) is 28.3 Å². The van der Waals surface area contributed by atoms with Gasteiger partial charge in [0.05, 0.1) is 23.4 Å². The highest BCUT2D eigenvalue weighted by Crippen LogP contribution is 2.34. The molecule has 5 aromatic rings. The summed E-state index contributed by atoms with van der Waals surface area (Å²) < 4.78 is 75.2. The lowest BCUT2D eigenvalue weighted by molar-refractivity contribution is -0.145. The van der Waals surface area contributed by atoms with Gasteiger partial charge in [0.25, 0.3) is 5.91 Å². The number of fused-ring (bicyclic) bond motifs is 1. The van der Waals surface area contributed by atoms with E-state index >= 15 is 0 Å².